The minimum Gasteiger partial charge on any atom is -0.481 e. The summed E-state index contributed by atoms with van der Waals surface area (Å²) in [6.45, 7) is 6.06. The molecule has 0 radical (unpaired) electrons. The third kappa shape index (κ3) is 715. The highest BCUT2D eigenvalue weighted by Crippen LogP contribution is 1.43. The van der Waals surface area contributed by atoms with Gasteiger partial charge in [0.05, 0.1) is 0 Å². The molecular formula is C10H24N2O8. The van der Waals surface area contributed by atoms with Crippen LogP contribution in [-0.4, -0.2) is 50.5 Å². The largest absolute Gasteiger partial charge is 0.481 e. The van der Waals surface area contributed by atoms with Crippen LogP contribution in [0.4, 0.5) is 0 Å². The molecule has 0 atom stereocenters. The molecule has 10 heteroatoms. The highest BCUT2D eigenvalue weighted by Gasteiger charge is 1.67. The first-order valence-electron chi connectivity index (χ1n) is 4.95. The fourth-order valence-electron chi connectivity index (χ4n) is 0. The van der Waals surface area contributed by atoms with Crippen molar-refractivity contribution in [2.24, 2.45) is 11.5 Å². The van der Waals surface area contributed by atoms with Crippen molar-refractivity contribution < 1.29 is 39.6 Å². The third-order valence-corrected chi connectivity index (χ3v) is 0. The average molecular weight is 300 g/mol. The van der Waals surface area contributed by atoms with Gasteiger partial charge in [0.25, 0.3) is 23.9 Å². The predicted molar refractivity (Wildman–Crippen MR) is 71.1 cm³/mol. The number of hydrogen-bond acceptors (Lipinski definition) is 6. The zero-order valence-corrected chi connectivity index (χ0v) is 12.2. The highest BCUT2D eigenvalue weighted by atomic mass is 16.4. The van der Waals surface area contributed by atoms with Crippen molar-refractivity contribution in [3.63, 3.8) is 0 Å². The fourth-order valence-corrected chi connectivity index (χ4v) is 0. The van der Waals surface area contributed by atoms with Crippen LogP contribution in [-0.2, 0) is 19.2 Å². The first-order valence-corrected chi connectivity index (χ1v) is 4.95. The lowest BCUT2D eigenvalue weighted by molar-refractivity contribution is -0.135. The van der Waals surface area contributed by atoms with Gasteiger partial charge < -0.3 is 31.9 Å². The zero-order chi connectivity index (χ0) is 17.9. The van der Waals surface area contributed by atoms with Gasteiger partial charge in [-0.3, -0.25) is 19.2 Å². The van der Waals surface area contributed by atoms with Crippen LogP contribution in [0.3, 0.4) is 0 Å². The Labute approximate surface area is 117 Å². The van der Waals surface area contributed by atoms with Gasteiger partial charge in [0.1, 0.15) is 0 Å². The van der Waals surface area contributed by atoms with Crippen molar-refractivity contribution in [1.82, 2.24) is 0 Å². The van der Waals surface area contributed by atoms with E-state index in [-0.39, 0.29) is 6.17 Å². The molecule has 0 bridgehead atoms. The maximum absolute atomic E-state index is 9.00. The quantitative estimate of drug-likeness (QED) is 0.320. The molecule has 0 spiro atoms. The van der Waals surface area contributed by atoms with Crippen molar-refractivity contribution >= 4 is 23.9 Å². The third-order valence-electron chi connectivity index (χ3n) is 0. The number of carboxylic acids is 4. The molecular weight excluding hydrogens is 276 g/mol. The SMILES string of the molecule is CC(=O)O.CC(=O)O.CC(=O)O.CC(=O)O.CC(N)N. The van der Waals surface area contributed by atoms with Crippen LogP contribution in [0.5, 0.6) is 0 Å². The van der Waals surface area contributed by atoms with Gasteiger partial charge in [-0.2, -0.15) is 0 Å². The van der Waals surface area contributed by atoms with Crippen LogP contribution in [0.25, 0.3) is 0 Å². The van der Waals surface area contributed by atoms with E-state index in [1.54, 1.807) is 6.92 Å². The van der Waals surface area contributed by atoms with E-state index >= 15 is 0 Å². The lowest BCUT2D eigenvalue weighted by Gasteiger charge is -1.83. The van der Waals surface area contributed by atoms with E-state index in [1.165, 1.54) is 0 Å². The Bertz CT molecular complexity index is 199. The summed E-state index contributed by atoms with van der Waals surface area (Å²) >= 11 is 0. The molecule has 0 aliphatic heterocycles. The van der Waals surface area contributed by atoms with Gasteiger partial charge >= 0.3 is 0 Å². The summed E-state index contributed by atoms with van der Waals surface area (Å²) < 4.78 is 0. The van der Waals surface area contributed by atoms with Gasteiger partial charge in [-0.1, -0.05) is 0 Å². The van der Waals surface area contributed by atoms with Crippen molar-refractivity contribution in [2.75, 3.05) is 0 Å². The fraction of sp³-hybridized carbons (Fsp3) is 0.600. The lowest BCUT2D eigenvalue weighted by Crippen LogP contribution is -2.25. The van der Waals surface area contributed by atoms with Crippen LogP contribution in [0.15, 0.2) is 0 Å². The number of carbonyl (C=O) groups is 4. The summed E-state index contributed by atoms with van der Waals surface area (Å²) in [7, 11) is 0. The predicted octanol–water partition coefficient (Wildman–Crippen LogP) is -0.387. The molecule has 0 aliphatic carbocycles. The Morgan fingerprint density at radius 2 is 0.650 bits per heavy atom. The zero-order valence-electron chi connectivity index (χ0n) is 12.2. The van der Waals surface area contributed by atoms with E-state index in [2.05, 4.69) is 0 Å². The van der Waals surface area contributed by atoms with E-state index in [0.29, 0.717) is 0 Å². The van der Waals surface area contributed by atoms with Crippen molar-refractivity contribution in [3.8, 4) is 0 Å². The summed E-state index contributed by atoms with van der Waals surface area (Å²) in [5, 5.41) is 29.7. The molecule has 0 fully saturated rings. The molecule has 0 heterocycles. The maximum Gasteiger partial charge on any atom is 0.300 e. The lowest BCUT2D eigenvalue weighted by atomic mass is 10.7. The van der Waals surface area contributed by atoms with Crippen LogP contribution in [0.1, 0.15) is 34.6 Å². The molecule has 0 aromatic rings. The van der Waals surface area contributed by atoms with Crippen LogP contribution < -0.4 is 11.5 Å². The first kappa shape index (κ1) is 30.7. The Morgan fingerprint density at radius 1 is 0.650 bits per heavy atom. The molecule has 0 aromatic heterocycles. The molecule has 0 saturated heterocycles. The standard InChI is InChI=1S/C2H8N2.4C2H4O2/c5*1-2(3)4/h2H,3-4H2,1H3;4*1H3,(H,3,4). The average Bonchev–Trinajstić information content (AvgIpc) is 1.94. The minimum atomic E-state index is -0.833. The number of aliphatic carboxylic acids is 4. The molecule has 20 heavy (non-hydrogen) atoms. The van der Waals surface area contributed by atoms with Gasteiger partial charge in [-0.25, -0.2) is 0 Å². The van der Waals surface area contributed by atoms with Crippen molar-refractivity contribution in [2.45, 2.75) is 40.8 Å². The second kappa shape index (κ2) is 25.6. The van der Waals surface area contributed by atoms with Gasteiger partial charge in [0.15, 0.2) is 0 Å². The Hall–Kier alpha value is -2.20. The van der Waals surface area contributed by atoms with Gasteiger partial charge in [-0.15, -0.1) is 0 Å². The number of carboxylic acid groups (broad SMARTS) is 4. The number of rotatable bonds is 0. The van der Waals surface area contributed by atoms with Crippen LogP contribution >= 0.6 is 0 Å². The number of nitrogens with two attached hydrogens (primary N) is 2. The summed E-state index contributed by atoms with van der Waals surface area (Å²) in [5.41, 5.74) is 9.78. The normalized spacial score (nSPS) is 6.80. The Kier molecular flexibility index (Phi) is 39.2. The van der Waals surface area contributed by atoms with E-state index in [1.807, 2.05) is 0 Å². The van der Waals surface area contributed by atoms with Crippen molar-refractivity contribution in [3.05, 3.63) is 0 Å². The second-order valence-electron chi connectivity index (χ2n) is 2.94. The van der Waals surface area contributed by atoms with Crippen LogP contribution in [0.2, 0.25) is 0 Å². The molecule has 10 nitrogen and oxygen atoms in total. The number of hydrogen-bond donors (Lipinski definition) is 6. The minimum absolute atomic E-state index is 0.167. The second-order valence-corrected chi connectivity index (χ2v) is 2.94. The summed E-state index contributed by atoms with van der Waals surface area (Å²) in [5.74, 6) is -3.33. The smallest absolute Gasteiger partial charge is 0.300 e. The summed E-state index contributed by atoms with van der Waals surface area (Å²) in [6.07, 6.45) is -0.167. The molecule has 0 rings (SSSR count). The summed E-state index contributed by atoms with van der Waals surface area (Å²) in [6, 6.07) is 0. The van der Waals surface area contributed by atoms with Crippen LogP contribution in [0, 0.1) is 0 Å². The van der Waals surface area contributed by atoms with E-state index in [0.717, 1.165) is 27.7 Å². The van der Waals surface area contributed by atoms with Gasteiger partial charge in [-0.05, 0) is 6.92 Å². The molecule has 0 unspecified atom stereocenters. The Morgan fingerprint density at radius 3 is 0.650 bits per heavy atom. The highest BCUT2D eigenvalue weighted by molar-refractivity contribution is 5.63. The Balaban J connectivity index is -0.0000000469. The monoisotopic (exact) mass is 300 g/mol. The van der Waals surface area contributed by atoms with E-state index < -0.39 is 23.9 Å². The molecule has 0 amide bonds. The summed E-state index contributed by atoms with van der Waals surface area (Å²) in [4.78, 5) is 36.0. The van der Waals surface area contributed by atoms with Gasteiger partial charge in [0, 0.05) is 33.9 Å². The maximum atomic E-state index is 9.00. The molecule has 122 valence electrons. The molecule has 0 aliphatic rings. The topological polar surface area (TPSA) is 201 Å². The van der Waals surface area contributed by atoms with E-state index in [9.17, 15) is 0 Å². The van der Waals surface area contributed by atoms with E-state index in [4.69, 9.17) is 51.1 Å². The molecule has 0 aromatic carbocycles. The van der Waals surface area contributed by atoms with Crippen molar-refractivity contribution in [1.29, 1.82) is 0 Å². The molecule has 8 N–H and O–H groups in total. The first-order chi connectivity index (χ1) is 8.66. The molecule has 0 saturated carbocycles. The van der Waals surface area contributed by atoms with Gasteiger partial charge in [0.2, 0.25) is 0 Å².